The van der Waals surface area contributed by atoms with E-state index in [1.54, 1.807) is 0 Å². The van der Waals surface area contributed by atoms with Crippen molar-refractivity contribution in [1.29, 1.82) is 0 Å². The van der Waals surface area contributed by atoms with E-state index >= 15 is 0 Å². The predicted molar refractivity (Wildman–Crippen MR) is 74.3 cm³/mol. The van der Waals surface area contributed by atoms with Crippen molar-refractivity contribution in [3.8, 4) is 0 Å². The average molecular weight is 280 g/mol. The lowest BCUT2D eigenvalue weighted by Gasteiger charge is -2.11. The molecule has 0 aliphatic rings. The maximum atomic E-state index is 11.0. The van der Waals surface area contributed by atoms with E-state index in [2.05, 4.69) is 6.92 Å². The van der Waals surface area contributed by atoms with Gasteiger partial charge in [-0.2, -0.15) is 8.42 Å². The third-order valence-electron chi connectivity index (χ3n) is 3.25. The summed E-state index contributed by atoms with van der Waals surface area (Å²) in [7, 11) is -3.99. The molecule has 5 heteroatoms. The number of aliphatic hydroxyl groups is 1. The lowest BCUT2D eigenvalue weighted by molar-refractivity contribution is 0.279. The molecule has 2 N–H and O–H groups in total. The molecule has 1 unspecified atom stereocenters. The fourth-order valence-electron chi connectivity index (χ4n) is 2.09. The SMILES string of the molecule is CCCCCCCCCCC(CCO)S(=O)(=O)O. The lowest BCUT2D eigenvalue weighted by atomic mass is 10.1. The van der Waals surface area contributed by atoms with Gasteiger partial charge >= 0.3 is 0 Å². The van der Waals surface area contributed by atoms with Gasteiger partial charge in [-0.05, 0) is 12.8 Å². The molecule has 0 heterocycles. The Kier molecular flexibility index (Phi) is 10.7. The maximum Gasteiger partial charge on any atom is 0.267 e. The Balaban J connectivity index is 3.56. The number of hydrogen-bond acceptors (Lipinski definition) is 3. The van der Waals surface area contributed by atoms with Crippen LogP contribution in [0.15, 0.2) is 0 Å². The smallest absolute Gasteiger partial charge is 0.267 e. The van der Waals surface area contributed by atoms with Crippen molar-refractivity contribution < 1.29 is 18.1 Å². The van der Waals surface area contributed by atoms with Crippen LogP contribution < -0.4 is 0 Å². The molecule has 0 aliphatic heterocycles. The Labute approximate surface area is 112 Å². The van der Waals surface area contributed by atoms with Gasteiger partial charge in [0.15, 0.2) is 0 Å². The van der Waals surface area contributed by atoms with Crippen molar-refractivity contribution >= 4 is 10.1 Å². The molecule has 1 atom stereocenters. The topological polar surface area (TPSA) is 74.6 Å². The molecule has 0 fully saturated rings. The summed E-state index contributed by atoms with van der Waals surface area (Å²) >= 11 is 0. The normalized spacial score (nSPS) is 13.7. The predicted octanol–water partition coefficient (Wildman–Crippen LogP) is 3.16. The molecule has 0 aromatic rings. The molecule has 0 radical (unpaired) electrons. The number of aliphatic hydroxyl groups excluding tert-OH is 1. The van der Waals surface area contributed by atoms with E-state index in [4.69, 9.17) is 9.66 Å². The van der Waals surface area contributed by atoms with Crippen molar-refractivity contribution in [2.75, 3.05) is 6.61 Å². The van der Waals surface area contributed by atoms with E-state index in [1.165, 1.54) is 32.1 Å². The molecule has 0 saturated heterocycles. The lowest BCUT2D eigenvalue weighted by Crippen LogP contribution is -2.21. The molecular formula is C13H28O4S. The zero-order valence-electron chi connectivity index (χ0n) is 11.5. The summed E-state index contributed by atoms with van der Waals surface area (Å²) in [4.78, 5) is 0. The van der Waals surface area contributed by atoms with Crippen molar-refractivity contribution in [3.05, 3.63) is 0 Å². The van der Waals surface area contributed by atoms with Crippen LogP contribution in [0.2, 0.25) is 0 Å². The molecule has 0 aromatic carbocycles. The van der Waals surface area contributed by atoms with Gasteiger partial charge in [-0.1, -0.05) is 58.3 Å². The minimum atomic E-state index is -3.99. The van der Waals surface area contributed by atoms with Crippen molar-refractivity contribution in [3.63, 3.8) is 0 Å². The summed E-state index contributed by atoms with van der Waals surface area (Å²) in [5.41, 5.74) is 0. The summed E-state index contributed by atoms with van der Waals surface area (Å²) in [6.45, 7) is 2.00. The Morgan fingerprint density at radius 1 is 0.889 bits per heavy atom. The van der Waals surface area contributed by atoms with E-state index in [1.807, 2.05) is 0 Å². The minimum Gasteiger partial charge on any atom is -0.396 e. The summed E-state index contributed by atoms with van der Waals surface area (Å²) in [5, 5.41) is 7.96. The second-order valence-corrected chi connectivity index (χ2v) is 6.61. The number of rotatable bonds is 12. The molecule has 0 spiro atoms. The van der Waals surface area contributed by atoms with Crippen LogP contribution in [0.4, 0.5) is 0 Å². The quantitative estimate of drug-likeness (QED) is 0.425. The van der Waals surface area contributed by atoms with Gasteiger partial charge < -0.3 is 5.11 Å². The standard InChI is InChI=1S/C13H28O4S/c1-2-3-4-5-6-7-8-9-10-13(11-12-14)18(15,16)17/h13-14H,2-12H2,1H3,(H,15,16,17). The number of hydrogen-bond donors (Lipinski definition) is 2. The van der Waals surface area contributed by atoms with Crippen LogP contribution in [0.1, 0.15) is 71.1 Å². The first-order chi connectivity index (χ1) is 8.52. The summed E-state index contributed by atoms with van der Waals surface area (Å²) in [5.74, 6) is 0. The fraction of sp³-hybridized carbons (Fsp3) is 1.00. The second kappa shape index (κ2) is 10.8. The van der Waals surface area contributed by atoms with Gasteiger partial charge in [0.25, 0.3) is 10.1 Å². The average Bonchev–Trinajstić information content (AvgIpc) is 2.30. The minimum absolute atomic E-state index is 0.134. The Morgan fingerprint density at radius 2 is 1.39 bits per heavy atom. The van der Waals surface area contributed by atoms with Gasteiger partial charge in [0.1, 0.15) is 0 Å². The second-order valence-electron chi connectivity index (χ2n) is 4.91. The summed E-state index contributed by atoms with van der Waals surface area (Å²) in [6, 6.07) is 0. The first-order valence-electron chi connectivity index (χ1n) is 7.09. The van der Waals surface area contributed by atoms with Gasteiger partial charge in [0.2, 0.25) is 0 Å². The Hall–Kier alpha value is -0.130. The van der Waals surface area contributed by atoms with Crippen LogP contribution in [0.5, 0.6) is 0 Å². The van der Waals surface area contributed by atoms with E-state index in [9.17, 15) is 8.42 Å². The van der Waals surface area contributed by atoms with Gasteiger partial charge in [0.05, 0.1) is 5.25 Å². The van der Waals surface area contributed by atoms with Crippen LogP contribution in [0.25, 0.3) is 0 Å². The van der Waals surface area contributed by atoms with Crippen LogP contribution in [-0.2, 0) is 10.1 Å². The third kappa shape index (κ3) is 9.85. The molecule has 110 valence electrons. The van der Waals surface area contributed by atoms with Gasteiger partial charge in [0, 0.05) is 6.61 Å². The zero-order chi connectivity index (χ0) is 13.9. The largest absolute Gasteiger partial charge is 0.396 e. The highest BCUT2D eigenvalue weighted by atomic mass is 32.2. The van der Waals surface area contributed by atoms with Crippen molar-refractivity contribution in [1.82, 2.24) is 0 Å². The molecule has 0 aromatic heterocycles. The molecule has 0 saturated carbocycles. The highest BCUT2D eigenvalue weighted by molar-refractivity contribution is 7.86. The van der Waals surface area contributed by atoms with Gasteiger partial charge in [-0.3, -0.25) is 4.55 Å². The van der Waals surface area contributed by atoms with Crippen LogP contribution >= 0.6 is 0 Å². The zero-order valence-corrected chi connectivity index (χ0v) is 12.3. The van der Waals surface area contributed by atoms with Gasteiger partial charge in [-0.25, -0.2) is 0 Å². The summed E-state index contributed by atoms with van der Waals surface area (Å²) in [6.07, 6.45) is 9.81. The molecule has 0 rings (SSSR count). The van der Waals surface area contributed by atoms with E-state index in [0.29, 0.717) is 6.42 Å². The first kappa shape index (κ1) is 17.9. The Morgan fingerprint density at radius 3 is 1.83 bits per heavy atom. The van der Waals surface area contributed by atoms with Crippen molar-refractivity contribution in [2.24, 2.45) is 0 Å². The highest BCUT2D eigenvalue weighted by Crippen LogP contribution is 2.15. The highest BCUT2D eigenvalue weighted by Gasteiger charge is 2.21. The molecular weight excluding hydrogens is 252 g/mol. The van der Waals surface area contributed by atoms with E-state index in [-0.39, 0.29) is 13.0 Å². The van der Waals surface area contributed by atoms with E-state index in [0.717, 1.165) is 19.3 Å². The molecule has 0 aliphatic carbocycles. The molecule has 0 amide bonds. The Bertz CT molecular complexity index is 275. The van der Waals surface area contributed by atoms with Crippen LogP contribution in [-0.4, -0.2) is 29.9 Å². The van der Waals surface area contributed by atoms with Crippen LogP contribution in [0, 0.1) is 0 Å². The monoisotopic (exact) mass is 280 g/mol. The fourth-order valence-corrected chi connectivity index (χ4v) is 2.96. The van der Waals surface area contributed by atoms with Gasteiger partial charge in [-0.15, -0.1) is 0 Å². The first-order valence-corrected chi connectivity index (χ1v) is 8.59. The molecule has 4 nitrogen and oxygen atoms in total. The summed E-state index contributed by atoms with van der Waals surface area (Å²) < 4.78 is 31.0. The van der Waals surface area contributed by atoms with E-state index < -0.39 is 15.4 Å². The molecule has 0 bridgehead atoms. The number of unbranched alkanes of at least 4 members (excludes halogenated alkanes) is 7. The third-order valence-corrected chi connectivity index (χ3v) is 4.57. The molecule has 18 heavy (non-hydrogen) atoms. The maximum absolute atomic E-state index is 11.0. The van der Waals surface area contributed by atoms with Crippen LogP contribution in [0.3, 0.4) is 0 Å². The van der Waals surface area contributed by atoms with Crippen molar-refractivity contribution in [2.45, 2.75) is 76.4 Å².